The number of hydrogen-bond donors (Lipinski definition) is 2. The van der Waals surface area contributed by atoms with Gasteiger partial charge in [0, 0.05) is 5.75 Å². The minimum Gasteiger partial charge on any atom is -0.379 e. The van der Waals surface area contributed by atoms with E-state index in [4.69, 9.17) is 10.6 Å². The van der Waals surface area contributed by atoms with Gasteiger partial charge in [0.1, 0.15) is 0 Å². The molecule has 1 aliphatic rings. The van der Waals surface area contributed by atoms with Crippen molar-refractivity contribution >= 4 is 17.7 Å². The molecule has 1 amide bonds. The molecule has 0 atom stereocenters. The number of amides is 1. The standard InChI is InChI=1S/C12H16N2O2S/c13-14-12(15)5-9-1-3-10(4-2-9)8-17-11-6-16-7-11/h1-4,11H,5-8,13H2,(H,14,15). The zero-order chi connectivity index (χ0) is 12.1. The van der Waals surface area contributed by atoms with Gasteiger partial charge in [-0.15, -0.1) is 11.8 Å². The van der Waals surface area contributed by atoms with Gasteiger partial charge in [-0.3, -0.25) is 10.2 Å². The minimum atomic E-state index is -0.168. The molecule has 0 spiro atoms. The van der Waals surface area contributed by atoms with E-state index >= 15 is 0 Å². The van der Waals surface area contributed by atoms with E-state index in [-0.39, 0.29) is 5.91 Å². The predicted molar refractivity (Wildman–Crippen MR) is 68.4 cm³/mol. The van der Waals surface area contributed by atoms with Crippen LogP contribution < -0.4 is 11.3 Å². The van der Waals surface area contributed by atoms with Crippen LogP contribution in [0, 0.1) is 0 Å². The van der Waals surface area contributed by atoms with Crippen LogP contribution in [0.15, 0.2) is 24.3 Å². The minimum absolute atomic E-state index is 0.168. The maximum absolute atomic E-state index is 11.1. The SMILES string of the molecule is NNC(=O)Cc1ccc(CSC2COC2)cc1. The summed E-state index contributed by atoms with van der Waals surface area (Å²) in [4.78, 5) is 11.1. The highest BCUT2D eigenvalue weighted by atomic mass is 32.2. The van der Waals surface area contributed by atoms with Crippen LogP contribution in [0.5, 0.6) is 0 Å². The highest BCUT2D eigenvalue weighted by Gasteiger charge is 2.18. The molecular weight excluding hydrogens is 236 g/mol. The van der Waals surface area contributed by atoms with E-state index in [2.05, 4.69) is 17.6 Å². The number of carbonyl (C=O) groups excluding carboxylic acids is 1. The number of nitrogens with one attached hydrogen (secondary N) is 1. The molecule has 0 radical (unpaired) electrons. The Bertz CT molecular complexity index is 377. The summed E-state index contributed by atoms with van der Waals surface area (Å²) in [5, 5.41) is 0.651. The number of ether oxygens (including phenoxy) is 1. The molecule has 3 N–H and O–H groups in total. The highest BCUT2D eigenvalue weighted by Crippen LogP contribution is 2.23. The van der Waals surface area contributed by atoms with E-state index in [1.165, 1.54) is 5.56 Å². The predicted octanol–water partition coefficient (Wildman–Crippen LogP) is 0.851. The second-order valence-corrected chi connectivity index (χ2v) is 5.32. The van der Waals surface area contributed by atoms with Crippen LogP contribution >= 0.6 is 11.8 Å². The third-order valence-corrected chi connectivity index (χ3v) is 3.89. The molecule has 92 valence electrons. The molecule has 5 heteroatoms. The van der Waals surface area contributed by atoms with E-state index in [9.17, 15) is 4.79 Å². The van der Waals surface area contributed by atoms with Crippen LogP contribution in [0.2, 0.25) is 0 Å². The number of rotatable bonds is 5. The Morgan fingerprint density at radius 3 is 2.53 bits per heavy atom. The second kappa shape index (κ2) is 6.05. The highest BCUT2D eigenvalue weighted by molar-refractivity contribution is 7.99. The lowest BCUT2D eigenvalue weighted by Crippen LogP contribution is -2.31. The third kappa shape index (κ3) is 3.73. The topological polar surface area (TPSA) is 64.3 Å². The Labute approximate surface area is 105 Å². The third-order valence-electron chi connectivity index (χ3n) is 2.64. The molecule has 1 fully saturated rings. The molecule has 1 saturated heterocycles. The molecule has 4 nitrogen and oxygen atoms in total. The Balaban J connectivity index is 1.81. The van der Waals surface area contributed by atoms with E-state index in [1.54, 1.807) is 0 Å². The molecule has 17 heavy (non-hydrogen) atoms. The maximum atomic E-state index is 11.1. The molecule has 0 bridgehead atoms. The lowest BCUT2D eigenvalue weighted by molar-refractivity contribution is -0.120. The van der Waals surface area contributed by atoms with E-state index in [0.29, 0.717) is 11.7 Å². The van der Waals surface area contributed by atoms with Crippen LogP contribution in [-0.2, 0) is 21.7 Å². The van der Waals surface area contributed by atoms with Gasteiger partial charge in [-0.05, 0) is 11.1 Å². The van der Waals surface area contributed by atoms with Crippen molar-refractivity contribution in [1.29, 1.82) is 0 Å². The first-order valence-corrected chi connectivity index (χ1v) is 6.59. The number of nitrogens with two attached hydrogens (primary N) is 1. The second-order valence-electron chi connectivity index (χ2n) is 4.03. The maximum Gasteiger partial charge on any atom is 0.238 e. The van der Waals surface area contributed by atoms with Gasteiger partial charge in [0.15, 0.2) is 0 Å². The number of hydrogen-bond acceptors (Lipinski definition) is 4. The monoisotopic (exact) mass is 252 g/mol. The fraction of sp³-hybridized carbons (Fsp3) is 0.417. The summed E-state index contributed by atoms with van der Waals surface area (Å²) >= 11 is 1.92. The number of benzene rings is 1. The van der Waals surface area contributed by atoms with Gasteiger partial charge in [0.2, 0.25) is 5.91 Å². The Hall–Kier alpha value is -1.04. The van der Waals surface area contributed by atoms with Crippen molar-refractivity contribution in [2.24, 2.45) is 5.84 Å². The van der Waals surface area contributed by atoms with E-state index < -0.39 is 0 Å². The molecule has 0 saturated carbocycles. The number of thioether (sulfide) groups is 1. The van der Waals surface area contributed by atoms with Gasteiger partial charge in [-0.1, -0.05) is 24.3 Å². The molecule has 1 aliphatic heterocycles. The number of carbonyl (C=O) groups is 1. The Morgan fingerprint density at radius 2 is 2.00 bits per heavy atom. The van der Waals surface area contributed by atoms with Gasteiger partial charge < -0.3 is 4.74 Å². The van der Waals surface area contributed by atoms with Crippen molar-refractivity contribution < 1.29 is 9.53 Å². The molecule has 1 aromatic rings. The first kappa shape index (κ1) is 12.4. The Morgan fingerprint density at radius 1 is 1.35 bits per heavy atom. The van der Waals surface area contributed by atoms with Gasteiger partial charge in [-0.2, -0.15) is 0 Å². The lowest BCUT2D eigenvalue weighted by Gasteiger charge is -2.25. The van der Waals surface area contributed by atoms with E-state index in [0.717, 1.165) is 24.5 Å². The first-order chi connectivity index (χ1) is 8.28. The van der Waals surface area contributed by atoms with Crippen LogP contribution in [0.1, 0.15) is 11.1 Å². The molecule has 2 rings (SSSR count). The molecule has 1 aromatic carbocycles. The van der Waals surface area contributed by atoms with Gasteiger partial charge in [0.25, 0.3) is 0 Å². The first-order valence-electron chi connectivity index (χ1n) is 5.54. The van der Waals surface area contributed by atoms with Gasteiger partial charge in [-0.25, -0.2) is 5.84 Å². The van der Waals surface area contributed by atoms with Crippen molar-refractivity contribution in [1.82, 2.24) is 5.43 Å². The molecular formula is C12H16N2O2S. The smallest absolute Gasteiger partial charge is 0.238 e. The van der Waals surface area contributed by atoms with Crippen LogP contribution in [0.4, 0.5) is 0 Å². The summed E-state index contributed by atoms with van der Waals surface area (Å²) in [6.07, 6.45) is 0.334. The van der Waals surface area contributed by atoms with Gasteiger partial charge >= 0.3 is 0 Å². The quantitative estimate of drug-likeness (QED) is 0.463. The van der Waals surface area contributed by atoms with Crippen molar-refractivity contribution in [2.75, 3.05) is 13.2 Å². The largest absolute Gasteiger partial charge is 0.379 e. The molecule has 0 aromatic heterocycles. The summed E-state index contributed by atoms with van der Waals surface area (Å²) < 4.78 is 5.12. The van der Waals surface area contributed by atoms with Crippen LogP contribution in [-0.4, -0.2) is 24.4 Å². The number of hydrazine groups is 1. The summed E-state index contributed by atoms with van der Waals surface area (Å²) in [6, 6.07) is 8.07. The summed E-state index contributed by atoms with van der Waals surface area (Å²) in [7, 11) is 0. The fourth-order valence-corrected chi connectivity index (χ4v) is 2.52. The summed E-state index contributed by atoms with van der Waals surface area (Å²) in [5.41, 5.74) is 4.38. The molecule has 0 unspecified atom stereocenters. The average molecular weight is 252 g/mol. The van der Waals surface area contributed by atoms with Crippen LogP contribution in [0.25, 0.3) is 0 Å². The van der Waals surface area contributed by atoms with Crippen molar-refractivity contribution in [3.05, 3.63) is 35.4 Å². The Kier molecular flexibility index (Phi) is 4.42. The van der Waals surface area contributed by atoms with Crippen molar-refractivity contribution in [3.8, 4) is 0 Å². The fourth-order valence-electron chi connectivity index (χ4n) is 1.51. The summed E-state index contributed by atoms with van der Waals surface area (Å²) in [6.45, 7) is 1.75. The van der Waals surface area contributed by atoms with Crippen molar-refractivity contribution in [3.63, 3.8) is 0 Å². The van der Waals surface area contributed by atoms with E-state index in [1.807, 2.05) is 23.9 Å². The average Bonchev–Trinajstić information content (AvgIpc) is 2.29. The lowest BCUT2D eigenvalue weighted by atomic mass is 10.1. The zero-order valence-electron chi connectivity index (χ0n) is 9.52. The van der Waals surface area contributed by atoms with Crippen molar-refractivity contribution in [2.45, 2.75) is 17.4 Å². The van der Waals surface area contributed by atoms with Crippen LogP contribution in [0.3, 0.4) is 0 Å². The normalized spacial score (nSPS) is 15.4. The molecule has 0 aliphatic carbocycles. The summed E-state index contributed by atoms with van der Waals surface area (Å²) in [5.74, 6) is 5.87. The van der Waals surface area contributed by atoms with Gasteiger partial charge in [0.05, 0.1) is 24.9 Å². The molecule has 1 heterocycles. The zero-order valence-corrected chi connectivity index (χ0v) is 10.3.